The number of nitrogens with one attached hydrogen (secondary N) is 2. The zero-order chi connectivity index (χ0) is 13.2. The Hall–Kier alpha value is -1.95. The number of nitrogens with two attached hydrogens (primary N) is 1. The highest BCUT2D eigenvalue weighted by atomic mass is 16.1. The molecule has 3 rings (SSSR count). The molecule has 100 valence electrons. The SMILES string of the molecule is N[C@H]1CCC[C@@H](Nc2n[nH]c(=O)c3cccnc23)C1. The molecule has 2 aromatic heterocycles. The minimum absolute atomic E-state index is 0.214. The van der Waals surface area contributed by atoms with Gasteiger partial charge in [-0.15, -0.1) is 0 Å². The zero-order valence-electron chi connectivity index (χ0n) is 10.6. The van der Waals surface area contributed by atoms with E-state index in [2.05, 4.69) is 20.5 Å². The third-order valence-corrected chi connectivity index (χ3v) is 3.60. The molecule has 6 nitrogen and oxygen atoms in total. The van der Waals surface area contributed by atoms with Crippen LogP contribution in [0.4, 0.5) is 5.82 Å². The lowest BCUT2D eigenvalue weighted by molar-refractivity contribution is 0.409. The Morgan fingerprint density at radius 1 is 1.42 bits per heavy atom. The van der Waals surface area contributed by atoms with Crippen molar-refractivity contribution >= 4 is 16.7 Å². The summed E-state index contributed by atoms with van der Waals surface area (Å²) in [6.07, 6.45) is 5.86. The van der Waals surface area contributed by atoms with Crippen LogP contribution >= 0.6 is 0 Å². The van der Waals surface area contributed by atoms with E-state index in [-0.39, 0.29) is 11.6 Å². The smallest absolute Gasteiger partial charge is 0.273 e. The van der Waals surface area contributed by atoms with Crippen molar-refractivity contribution in [1.29, 1.82) is 0 Å². The number of rotatable bonds is 2. The Labute approximate surface area is 110 Å². The number of nitrogens with zero attached hydrogens (tertiary/aromatic N) is 2. The molecule has 6 heteroatoms. The molecule has 2 atom stereocenters. The number of fused-ring (bicyclic) bond motifs is 1. The lowest BCUT2D eigenvalue weighted by Gasteiger charge is -2.27. The summed E-state index contributed by atoms with van der Waals surface area (Å²) in [5.74, 6) is 0.634. The van der Waals surface area contributed by atoms with E-state index >= 15 is 0 Å². The average molecular weight is 259 g/mol. The number of hydrogen-bond donors (Lipinski definition) is 3. The van der Waals surface area contributed by atoms with Gasteiger partial charge in [0.05, 0.1) is 5.39 Å². The molecule has 0 unspecified atom stereocenters. The summed E-state index contributed by atoms with van der Waals surface area (Å²) < 4.78 is 0. The zero-order valence-corrected chi connectivity index (χ0v) is 10.6. The van der Waals surface area contributed by atoms with Gasteiger partial charge in [-0.05, 0) is 37.8 Å². The van der Waals surface area contributed by atoms with E-state index in [4.69, 9.17) is 5.73 Å². The fourth-order valence-electron chi connectivity index (χ4n) is 2.65. The molecule has 19 heavy (non-hydrogen) atoms. The van der Waals surface area contributed by atoms with E-state index in [1.165, 1.54) is 0 Å². The van der Waals surface area contributed by atoms with Crippen LogP contribution in [0, 0.1) is 0 Å². The van der Waals surface area contributed by atoms with Crippen LogP contribution in [0.1, 0.15) is 25.7 Å². The molecule has 0 radical (unpaired) electrons. The van der Waals surface area contributed by atoms with Gasteiger partial charge in [0.15, 0.2) is 5.82 Å². The first kappa shape index (κ1) is 12.1. The molecule has 1 aliphatic carbocycles. The van der Waals surface area contributed by atoms with E-state index < -0.39 is 0 Å². The Morgan fingerprint density at radius 2 is 2.32 bits per heavy atom. The first-order valence-electron chi connectivity index (χ1n) is 6.59. The van der Waals surface area contributed by atoms with Crippen molar-refractivity contribution in [2.24, 2.45) is 5.73 Å². The molecular formula is C13H17N5O. The van der Waals surface area contributed by atoms with E-state index in [1.54, 1.807) is 18.3 Å². The van der Waals surface area contributed by atoms with Gasteiger partial charge in [-0.3, -0.25) is 9.78 Å². The van der Waals surface area contributed by atoms with Crippen LogP contribution in [0.5, 0.6) is 0 Å². The minimum Gasteiger partial charge on any atom is -0.364 e. The molecule has 1 fully saturated rings. The summed E-state index contributed by atoms with van der Waals surface area (Å²) in [4.78, 5) is 15.9. The number of H-pyrrole nitrogens is 1. The standard InChI is InChI=1S/C13H17N5O/c14-8-3-1-4-9(7-8)16-12-11-10(5-2-6-15-11)13(19)18-17-12/h2,5-6,8-9H,1,3-4,7,14H2,(H,16,17)(H,18,19)/t8-,9+/m0/s1. The van der Waals surface area contributed by atoms with Crippen molar-refractivity contribution in [3.8, 4) is 0 Å². The quantitative estimate of drug-likeness (QED) is 0.747. The molecule has 2 aromatic rings. The maximum Gasteiger partial charge on any atom is 0.273 e. The van der Waals surface area contributed by atoms with E-state index in [0.29, 0.717) is 22.8 Å². The van der Waals surface area contributed by atoms with Gasteiger partial charge in [0.2, 0.25) is 0 Å². The van der Waals surface area contributed by atoms with Gasteiger partial charge in [-0.25, -0.2) is 5.10 Å². The molecule has 1 aliphatic rings. The largest absolute Gasteiger partial charge is 0.364 e. The molecule has 0 aromatic carbocycles. The summed E-state index contributed by atoms with van der Waals surface area (Å²) >= 11 is 0. The first-order valence-corrected chi connectivity index (χ1v) is 6.59. The Balaban J connectivity index is 1.93. The van der Waals surface area contributed by atoms with Crippen LogP contribution in [-0.2, 0) is 0 Å². The summed E-state index contributed by atoms with van der Waals surface area (Å²) in [6, 6.07) is 4.04. The lowest BCUT2D eigenvalue weighted by atomic mass is 9.91. The summed E-state index contributed by atoms with van der Waals surface area (Å²) in [5.41, 5.74) is 6.38. The highest BCUT2D eigenvalue weighted by molar-refractivity contribution is 5.86. The van der Waals surface area contributed by atoms with Crippen LogP contribution in [0.25, 0.3) is 10.9 Å². The van der Waals surface area contributed by atoms with Crippen LogP contribution in [-0.4, -0.2) is 27.3 Å². The van der Waals surface area contributed by atoms with Gasteiger partial charge in [-0.1, -0.05) is 0 Å². The van der Waals surface area contributed by atoms with Crippen molar-refractivity contribution in [1.82, 2.24) is 15.2 Å². The van der Waals surface area contributed by atoms with Gasteiger partial charge in [0, 0.05) is 18.3 Å². The number of aromatic amines is 1. The molecule has 0 aliphatic heterocycles. The van der Waals surface area contributed by atoms with Crippen molar-refractivity contribution in [2.45, 2.75) is 37.8 Å². The number of pyridine rings is 1. The van der Waals surface area contributed by atoms with Crippen LogP contribution in [0.15, 0.2) is 23.1 Å². The molecule has 4 N–H and O–H groups in total. The number of anilines is 1. The predicted molar refractivity (Wildman–Crippen MR) is 74.0 cm³/mol. The number of hydrogen-bond acceptors (Lipinski definition) is 5. The van der Waals surface area contributed by atoms with Crippen molar-refractivity contribution in [3.63, 3.8) is 0 Å². The van der Waals surface area contributed by atoms with Gasteiger partial charge in [0.1, 0.15) is 5.52 Å². The summed E-state index contributed by atoms with van der Waals surface area (Å²) in [6.45, 7) is 0. The number of aromatic nitrogens is 3. The topological polar surface area (TPSA) is 96.7 Å². The van der Waals surface area contributed by atoms with Crippen LogP contribution in [0.3, 0.4) is 0 Å². The fourth-order valence-corrected chi connectivity index (χ4v) is 2.65. The second-order valence-electron chi connectivity index (χ2n) is 5.07. The maximum absolute atomic E-state index is 11.7. The predicted octanol–water partition coefficient (Wildman–Crippen LogP) is 1.000. The maximum atomic E-state index is 11.7. The molecule has 2 heterocycles. The minimum atomic E-state index is -0.214. The van der Waals surface area contributed by atoms with Gasteiger partial charge < -0.3 is 11.1 Å². The van der Waals surface area contributed by atoms with E-state index in [0.717, 1.165) is 25.7 Å². The van der Waals surface area contributed by atoms with Crippen LogP contribution in [0.2, 0.25) is 0 Å². The lowest BCUT2D eigenvalue weighted by Crippen LogP contribution is -2.35. The molecule has 0 saturated heterocycles. The Kier molecular flexibility index (Phi) is 3.16. The van der Waals surface area contributed by atoms with E-state index in [1.807, 2.05) is 0 Å². The Bertz CT molecular complexity index is 638. The second kappa shape index (κ2) is 4.97. The molecular weight excluding hydrogens is 242 g/mol. The van der Waals surface area contributed by atoms with Crippen molar-refractivity contribution in [2.75, 3.05) is 5.32 Å². The molecule has 0 amide bonds. The van der Waals surface area contributed by atoms with Gasteiger partial charge in [0.25, 0.3) is 5.56 Å². The average Bonchev–Trinajstić information content (AvgIpc) is 2.42. The van der Waals surface area contributed by atoms with Gasteiger partial charge in [-0.2, -0.15) is 5.10 Å². The highest BCUT2D eigenvalue weighted by Gasteiger charge is 2.20. The molecule has 1 saturated carbocycles. The highest BCUT2D eigenvalue weighted by Crippen LogP contribution is 2.22. The third kappa shape index (κ3) is 2.44. The second-order valence-corrected chi connectivity index (χ2v) is 5.07. The first-order chi connectivity index (χ1) is 9.24. The van der Waals surface area contributed by atoms with E-state index in [9.17, 15) is 4.79 Å². The van der Waals surface area contributed by atoms with Gasteiger partial charge >= 0.3 is 0 Å². The normalized spacial score (nSPS) is 23.4. The summed E-state index contributed by atoms with van der Waals surface area (Å²) in [5, 5.41) is 10.5. The van der Waals surface area contributed by atoms with Crippen molar-refractivity contribution < 1.29 is 0 Å². The monoisotopic (exact) mass is 259 g/mol. The summed E-state index contributed by atoms with van der Waals surface area (Å²) in [7, 11) is 0. The third-order valence-electron chi connectivity index (χ3n) is 3.60. The van der Waals surface area contributed by atoms with Crippen molar-refractivity contribution in [3.05, 3.63) is 28.7 Å². The fraction of sp³-hybridized carbons (Fsp3) is 0.462. The Morgan fingerprint density at radius 3 is 3.16 bits per heavy atom. The van der Waals surface area contributed by atoms with Crippen LogP contribution < -0.4 is 16.6 Å². The molecule has 0 bridgehead atoms. The molecule has 0 spiro atoms.